The predicted octanol–water partition coefficient (Wildman–Crippen LogP) is 4.08. The highest BCUT2D eigenvalue weighted by molar-refractivity contribution is 6.33. The van der Waals surface area contributed by atoms with Gasteiger partial charge in [0.1, 0.15) is 10.3 Å². The lowest BCUT2D eigenvalue weighted by Gasteiger charge is -2.05. The van der Waals surface area contributed by atoms with E-state index in [1.807, 2.05) is 0 Å². The summed E-state index contributed by atoms with van der Waals surface area (Å²) in [5.41, 5.74) is 1.33. The van der Waals surface area contributed by atoms with E-state index in [-0.39, 0.29) is 10.3 Å². The molecule has 0 aliphatic carbocycles. The van der Waals surface area contributed by atoms with Gasteiger partial charge < -0.3 is 5.32 Å². The maximum atomic E-state index is 6.84. The Hall–Kier alpha value is -1.83. The average Bonchev–Trinajstić information content (AvgIpc) is 2.28. The molecule has 6 heteroatoms. The van der Waals surface area contributed by atoms with Crippen molar-refractivity contribution in [2.45, 2.75) is 0 Å². The van der Waals surface area contributed by atoms with Gasteiger partial charge in [-0.1, -0.05) is 35.3 Å². The van der Waals surface area contributed by atoms with Crippen molar-refractivity contribution in [2.75, 3.05) is 5.32 Å². The van der Waals surface area contributed by atoms with Crippen LogP contribution in [-0.4, -0.2) is 9.97 Å². The first-order valence-electron chi connectivity index (χ1n) is 4.62. The minimum atomic E-state index is 0.269. The van der Waals surface area contributed by atoms with Gasteiger partial charge in [-0.25, -0.2) is 14.8 Å². The van der Waals surface area contributed by atoms with Gasteiger partial charge in [0.25, 0.3) is 0 Å². The highest BCUT2D eigenvalue weighted by Gasteiger charge is 2.02. The van der Waals surface area contributed by atoms with Crippen LogP contribution in [-0.2, 0) is 0 Å². The molecular weight excluding hydrogens is 259 g/mol. The SMILES string of the molecule is [C-]#[N+]c1ccc(Nc2nc(Cl)cc(Cl)n2)cc1. The van der Waals surface area contributed by atoms with E-state index in [9.17, 15) is 0 Å². The number of nitrogens with one attached hydrogen (secondary N) is 1. The molecule has 1 aromatic carbocycles. The van der Waals surface area contributed by atoms with E-state index in [1.54, 1.807) is 24.3 Å². The van der Waals surface area contributed by atoms with E-state index in [2.05, 4.69) is 20.1 Å². The van der Waals surface area contributed by atoms with E-state index in [4.69, 9.17) is 29.8 Å². The number of aromatic nitrogens is 2. The third kappa shape index (κ3) is 3.06. The Morgan fingerprint density at radius 1 is 1.06 bits per heavy atom. The fourth-order valence-corrected chi connectivity index (χ4v) is 1.62. The molecule has 0 unspecified atom stereocenters. The third-order valence-electron chi connectivity index (χ3n) is 1.92. The molecule has 0 aliphatic rings. The molecule has 0 aliphatic heterocycles. The second kappa shape index (κ2) is 5.00. The van der Waals surface area contributed by atoms with E-state index in [0.717, 1.165) is 5.69 Å². The zero-order valence-electron chi connectivity index (χ0n) is 8.48. The van der Waals surface area contributed by atoms with Crippen LogP contribution in [0.4, 0.5) is 17.3 Å². The number of rotatable bonds is 2. The molecule has 2 aromatic rings. The van der Waals surface area contributed by atoms with Crippen molar-refractivity contribution in [1.29, 1.82) is 0 Å². The molecule has 84 valence electrons. The Bertz CT molecular complexity index is 555. The zero-order valence-corrected chi connectivity index (χ0v) is 10.00. The van der Waals surface area contributed by atoms with Crippen LogP contribution in [0.25, 0.3) is 4.85 Å². The number of hydrogen-bond donors (Lipinski definition) is 1. The first-order chi connectivity index (χ1) is 8.17. The fourth-order valence-electron chi connectivity index (χ4n) is 1.19. The lowest BCUT2D eigenvalue weighted by Crippen LogP contribution is -1.96. The molecular formula is C11H6Cl2N4. The smallest absolute Gasteiger partial charge is 0.230 e. The van der Waals surface area contributed by atoms with Gasteiger partial charge in [0.05, 0.1) is 6.57 Å². The second-order valence-electron chi connectivity index (χ2n) is 3.12. The molecule has 1 heterocycles. The highest BCUT2D eigenvalue weighted by Crippen LogP contribution is 2.20. The van der Waals surface area contributed by atoms with Crippen molar-refractivity contribution in [3.05, 3.63) is 52.1 Å². The molecule has 0 spiro atoms. The van der Waals surface area contributed by atoms with Crippen LogP contribution in [0.1, 0.15) is 0 Å². The summed E-state index contributed by atoms with van der Waals surface area (Å²) in [4.78, 5) is 11.2. The fraction of sp³-hybridized carbons (Fsp3) is 0. The molecule has 0 atom stereocenters. The molecule has 2 rings (SSSR count). The lowest BCUT2D eigenvalue weighted by molar-refractivity contribution is 1.17. The van der Waals surface area contributed by atoms with Crippen molar-refractivity contribution >= 4 is 40.5 Å². The normalized spacial score (nSPS) is 9.71. The van der Waals surface area contributed by atoms with Crippen molar-refractivity contribution < 1.29 is 0 Å². The van der Waals surface area contributed by atoms with Crippen LogP contribution in [0.15, 0.2) is 30.3 Å². The first kappa shape index (κ1) is 11.6. The summed E-state index contributed by atoms with van der Waals surface area (Å²) in [6.07, 6.45) is 0. The minimum absolute atomic E-state index is 0.269. The zero-order chi connectivity index (χ0) is 12.3. The Balaban J connectivity index is 2.22. The Morgan fingerprint density at radius 3 is 2.18 bits per heavy atom. The topological polar surface area (TPSA) is 42.2 Å². The molecule has 1 N–H and O–H groups in total. The number of benzene rings is 1. The molecule has 0 fully saturated rings. The number of halogens is 2. The quantitative estimate of drug-likeness (QED) is 0.657. The minimum Gasteiger partial charge on any atom is -0.324 e. The molecule has 4 nitrogen and oxygen atoms in total. The molecule has 0 amide bonds. The van der Waals surface area contributed by atoms with Crippen molar-refractivity contribution in [1.82, 2.24) is 9.97 Å². The summed E-state index contributed by atoms with van der Waals surface area (Å²) in [6, 6.07) is 8.36. The van der Waals surface area contributed by atoms with Crippen LogP contribution in [0.5, 0.6) is 0 Å². The van der Waals surface area contributed by atoms with Gasteiger partial charge in [-0.05, 0) is 12.1 Å². The van der Waals surface area contributed by atoms with Crippen molar-refractivity contribution in [2.24, 2.45) is 0 Å². The van der Waals surface area contributed by atoms with Crippen LogP contribution in [0.3, 0.4) is 0 Å². The van der Waals surface area contributed by atoms with Crippen molar-refractivity contribution in [3.8, 4) is 0 Å². The molecule has 1 aromatic heterocycles. The third-order valence-corrected chi connectivity index (χ3v) is 2.30. The van der Waals surface area contributed by atoms with Crippen LogP contribution in [0.2, 0.25) is 10.3 Å². The van der Waals surface area contributed by atoms with Crippen LogP contribution in [0, 0.1) is 6.57 Å². The van der Waals surface area contributed by atoms with Gasteiger partial charge in [0, 0.05) is 11.8 Å². The molecule has 0 saturated carbocycles. The van der Waals surface area contributed by atoms with Gasteiger partial charge in [0.2, 0.25) is 5.95 Å². The second-order valence-corrected chi connectivity index (χ2v) is 3.90. The van der Waals surface area contributed by atoms with E-state index in [1.165, 1.54) is 6.07 Å². The standard InChI is InChI=1S/C11H6Cl2N4/c1-14-7-2-4-8(5-3-7)15-11-16-9(12)6-10(13)17-11/h2-6H,(H,15,16,17). The maximum Gasteiger partial charge on any atom is 0.230 e. The molecule has 17 heavy (non-hydrogen) atoms. The Labute approximate surface area is 108 Å². The average molecular weight is 265 g/mol. The number of nitrogens with zero attached hydrogens (tertiary/aromatic N) is 3. The summed E-state index contributed by atoms with van der Waals surface area (Å²) < 4.78 is 0. The monoisotopic (exact) mass is 264 g/mol. The summed E-state index contributed by atoms with van der Waals surface area (Å²) in [5, 5.41) is 3.48. The lowest BCUT2D eigenvalue weighted by atomic mass is 10.3. The van der Waals surface area contributed by atoms with Gasteiger partial charge >= 0.3 is 0 Å². The molecule has 0 bridgehead atoms. The predicted molar refractivity (Wildman–Crippen MR) is 68.0 cm³/mol. The highest BCUT2D eigenvalue weighted by atomic mass is 35.5. The Kier molecular flexibility index (Phi) is 3.43. The summed E-state index contributed by atoms with van der Waals surface area (Å²) in [7, 11) is 0. The van der Waals surface area contributed by atoms with Crippen LogP contribution >= 0.6 is 23.2 Å². The first-order valence-corrected chi connectivity index (χ1v) is 5.37. The van der Waals surface area contributed by atoms with Gasteiger partial charge in [-0.3, -0.25) is 0 Å². The van der Waals surface area contributed by atoms with Crippen LogP contribution < -0.4 is 5.32 Å². The summed E-state index contributed by atoms with van der Waals surface area (Å²) in [6.45, 7) is 6.84. The maximum absolute atomic E-state index is 6.84. The number of anilines is 2. The van der Waals surface area contributed by atoms with E-state index in [0.29, 0.717) is 11.6 Å². The van der Waals surface area contributed by atoms with Crippen molar-refractivity contribution in [3.63, 3.8) is 0 Å². The van der Waals surface area contributed by atoms with Gasteiger partial charge in [-0.2, -0.15) is 0 Å². The largest absolute Gasteiger partial charge is 0.324 e. The number of hydrogen-bond acceptors (Lipinski definition) is 3. The molecule has 0 radical (unpaired) electrons. The molecule has 0 saturated heterocycles. The van der Waals surface area contributed by atoms with E-state index >= 15 is 0 Å². The summed E-state index contributed by atoms with van der Waals surface area (Å²) >= 11 is 11.5. The van der Waals surface area contributed by atoms with Gasteiger partial charge in [-0.15, -0.1) is 0 Å². The Morgan fingerprint density at radius 2 is 1.65 bits per heavy atom. The summed E-state index contributed by atoms with van der Waals surface area (Å²) in [5.74, 6) is 0.318. The van der Waals surface area contributed by atoms with E-state index < -0.39 is 0 Å². The van der Waals surface area contributed by atoms with Gasteiger partial charge in [0.15, 0.2) is 5.69 Å².